The van der Waals surface area contributed by atoms with Gasteiger partial charge in [0.15, 0.2) is 0 Å². The number of nitrogens with one attached hydrogen (secondary N) is 2. The molecule has 1 atom stereocenters. The second kappa shape index (κ2) is 17.0. The molecule has 9 nitrogen and oxygen atoms in total. The fraction of sp³-hybridized carbons (Fsp3) is 0.290. The molecule has 3 heterocycles. The fourth-order valence-electron chi connectivity index (χ4n) is 3.74. The molecule has 1 saturated heterocycles. The van der Waals surface area contributed by atoms with Gasteiger partial charge in [0.05, 0.1) is 43.1 Å². The van der Waals surface area contributed by atoms with Crippen LogP contribution in [0.15, 0.2) is 84.2 Å². The van der Waals surface area contributed by atoms with Crippen molar-refractivity contribution in [1.82, 2.24) is 15.0 Å². The third kappa shape index (κ3) is 10.5. The maximum absolute atomic E-state index is 8.31. The number of hydrogen-bond donors (Lipinski definition) is 3. The molecule has 0 bridgehead atoms. The summed E-state index contributed by atoms with van der Waals surface area (Å²) in [6.45, 7) is 12.8. The lowest BCUT2D eigenvalue weighted by Gasteiger charge is -2.28. The first-order valence-corrected chi connectivity index (χ1v) is 14.2. The van der Waals surface area contributed by atoms with Crippen LogP contribution in [0, 0.1) is 6.92 Å². The van der Waals surface area contributed by atoms with Crippen LogP contribution in [0.2, 0.25) is 0 Å². The highest BCUT2D eigenvalue weighted by atomic mass is 31.0. The van der Waals surface area contributed by atoms with Gasteiger partial charge in [-0.2, -0.15) is 10.1 Å². The topological polar surface area (TPSA) is 108 Å². The summed E-state index contributed by atoms with van der Waals surface area (Å²) >= 11 is 0. The Morgan fingerprint density at radius 2 is 1.93 bits per heavy atom. The number of allylic oxidation sites excluding steroid dienone is 4. The Morgan fingerprint density at radius 1 is 1.17 bits per heavy atom. The maximum atomic E-state index is 8.31. The Morgan fingerprint density at radius 3 is 2.61 bits per heavy atom. The number of hydrogen-bond acceptors (Lipinski definition) is 9. The highest BCUT2D eigenvalue weighted by molar-refractivity contribution is 7.28. The van der Waals surface area contributed by atoms with Crippen molar-refractivity contribution in [1.29, 1.82) is 0 Å². The van der Waals surface area contributed by atoms with Gasteiger partial charge in [0.2, 0.25) is 5.95 Å². The predicted octanol–water partition coefficient (Wildman–Crippen LogP) is 4.94. The molecule has 10 heteroatoms. The average Bonchev–Trinajstić information content (AvgIpc) is 3.00. The van der Waals surface area contributed by atoms with E-state index in [1.54, 1.807) is 30.6 Å². The third-order valence-electron chi connectivity index (χ3n) is 6.05. The Hall–Kier alpha value is -3.91. The second-order valence-electron chi connectivity index (χ2n) is 9.24. The van der Waals surface area contributed by atoms with Gasteiger partial charge < -0.3 is 20.1 Å². The number of rotatable bonds is 10. The molecule has 0 saturated carbocycles. The van der Waals surface area contributed by atoms with Crippen LogP contribution in [0.4, 0.5) is 23.1 Å². The molecule has 0 radical (unpaired) electrons. The molecule has 216 valence electrons. The Kier molecular flexibility index (Phi) is 13.1. The first-order valence-electron chi connectivity index (χ1n) is 13.6. The molecule has 1 unspecified atom stereocenters. The molecule has 2 aromatic heterocycles. The number of morpholine rings is 1. The summed E-state index contributed by atoms with van der Waals surface area (Å²) in [6, 6.07) is 12.3. The van der Waals surface area contributed by atoms with E-state index in [1.807, 2.05) is 25.1 Å². The molecule has 1 fully saturated rings. The standard InChI is InChI=1S/C23H28N7OP.C8H12O/c1-3-19-20(26-17-6-4-16(2)5-7-17)9-8-18(27-19)14-25-29-23-24-15-21(32)22(28-23)30-10-12-31-13-11-30;1-3-8(2)6-4-5-7-9/h4-9,14-15,26H,3,10-13,32H2,1-2H3,(H,24,28,29);3-6,9H,1,7H2,2H3/b25-14+;5-4-,8-6-. The number of aryl methyl sites for hydroxylation is 2. The summed E-state index contributed by atoms with van der Waals surface area (Å²) < 4.78 is 5.43. The van der Waals surface area contributed by atoms with E-state index in [9.17, 15) is 0 Å². The molecular formula is C31H40N7O2P. The van der Waals surface area contributed by atoms with Crippen LogP contribution >= 0.6 is 9.24 Å². The van der Waals surface area contributed by atoms with Crippen molar-refractivity contribution in [2.24, 2.45) is 5.10 Å². The highest BCUT2D eigenvalue weighted by Gasteiger charge is 2.15. The van der Waals surface area contributed by atoms with Gasteiger partial charge in [-0.1, -0.05) is 70.3 Å². The predicted molar refractivity (Wildman–Crippen MR) is 174 cm³/mol. The van der Waals surface area contributed by atoms with Crippen molar-refractivity contribution >= 4 is 43.9 Å². The number of aromatic nitrogens is 3. The van der Waals surface area contributed by atoms with Crippen LogP contribution < -0.4 is 20.9 Å². The van der Waals surface area contributed by atoms with Crippen molar-refractivity contribution in [3.05, 3.63) is 96.0 Å². The molecule has 1 aromatic carbocycles. The maximum Gasteiger partial charge on any atom is 0.245 e. The molecule has 3 aromatic rings. The number of benzene rings is 1. The van der Waals surface area contributed by atoms with Crippen LogP contribution in [0.5, 0.6) is 0 Å². The largest absolute Gasteiger partial charge is 0.392 e. The van der Waals surface area contributed by atoms with Gasteiger partial charge in [0.25, 0.3) is 0 Å². The van der Waals surface area contributed by atoms with E-state index in [2.05, 4.69) is 84.6 Å². The number of ether oxygens (including phenoxy) is 1. The van der Waals surface area contributed by atoms with E-state index < -0.39 is 0 Å². The summed E-state index contributed by atoms with van der Waals surface area (Å²) in [5.74, 6) is 1.33. The minimum atomic E-state index is 0.0981. The number of hydrazone groups is 1. The fourth-order valence-corrected chi connectivity index (χ4v) is 4.06. The van der Waals surface area contributed by atoms with Gasteiger partial charge in [-0.15, -0.1) is 0 Å². The van der Waals surface area contributed by atoms with E-state index in [0.717, 1.165) is 59.0 Å². The summed E-state index contributed by atoms with van der Waals surface area (Å²) in [4.78, 5) is 15.8. The zero-order valence-electron chi connectivity index (χ0n) is 24.0. The molecule has 3 N–H and O–H groups in total. The molecule has 0 spiro atoms. The Labute approximate surface area is 245 Å². The molecular weight excluding hydrogens is 533 g/mol. The van der Waals surface area contributed by atoms with Crippen molar-refractivity contribution in [3.63, 3.8) is 0 Å². The summed E-state index contributed by atoms with van der Waals surface area (Å²) in [6.07, 6.45) is 11.4. The van der Waals surface area contributed by atoms with Crippen molar-refractivity contribution in [2.45, 2.75) is 27.2 Å². The summed E-state index contributed by atoms with van der Waals surface area (Å²) in [7, 11) is 2.69. The normalized spacial score (nSPS) is 13.7. The first kappa shape index (κ1) is 31.6. The van der Waals surface area contributed by atoms with E-state index in [0.29, 0.717) is 19.2 Å². The minimum absolute atomic E-state index is 0.0981. The molecule has 0 aliphatic carbocycles. The third-order valence-corrected chi connectivity index (χ3v) is 6.46. The first-order chi connectivity index (χ1) is 19.9. The van der Waals surface area contributed by atoms with Crippen LogP contribution in [0.1, 0.15) is 30.8 Å². The van der Waals surface area contributed by atoms with Crippen molar-refractivity contribution in [2.75, 3.05) is 48.6 Å². The lowest BCUT2D eigenvalue weighted by atomic mass is 10.2. The van der Waals surface area contributed by atoms with E-state index >= 15 is 0 Å². The molecule has 0 amide bonds. The lowest BCUT2D eigenvalue weighted by Crippen LogP contribution is -2.38. The Balaban J connectivity index is 0.000000445. The number of aliphatic hydroxyl groups is 1. The van der Waals surface area contributed by atoms with Crippen LogP contribution in [-0.4, -0.2) is 59.2 Å². The molecule has 41 heavy (non-hydrogen) atoms. The van der Waals surface area contributed by atoms with Crippen LogP contribution in [-0.2, 0) is 11.2 Å². The molecule has 4 rings (SSSR count). The Bertz CT molecular complexity index is 1350. The lowest BCUT2D eigenvalue weighted by molar-refractivity contribution is 0.122. The van der Waals surface area contributed by atoms with Crippen LogP contribution in [0.3, 0.4) is 0 Å². The van der Waals surface area contributed by atoms with Crippen molar-refractivity contribution in [3.8, 4) is 0 Å². The quantitative estimate of drug-likeness (QED) is 0.136. The van der Waals surface area contributed by atoms with Crippen molar-refractivity contribution < 1.29 is 9.84 Å². The van der Waals surface area contributed by atoms with Gasteiger partial charge in [-0.3, -0.25) is 0 Å². The van der Waals surface area contributed by atoms with E-state index in [1.165, 1.54) is 5.56 Å². The minimum Gasteiger partial charge on any atom is -0.392 e. The SMILES string of the molecule is C=C/C(C)=C\C=C/CO.CCc1nc(/C=N/Nc2ncc(P)c(N3CCOCC3)n2)ccc1Nc1ccc(C)cc1. The van der Waals surface area contributed by atoms with Gasteiger partial charge in [-0.25, -0.2) is 15.4 Å². The smallest absolute Gasteiger partial charge is 0.245 e. The number of pyridine rings is 1. The highest BCUT2D eigenvalue weighted by Crippen LogP contribution is 2.21. The second-order valence-corrected chi connectivity index (χ2v) is 9.86. The van der Waals surface area contributed by atoms with E-state index in [-0.39, 0.29) is 6.61 Å². The zero-order valence-corrected chi connectivity index (χ0v) is 25.2. The number of anilines is 4. The number of nitrogens with zero attached hydrogens (tertiary/aromatic N) is 5. The van der Waals surface area contributed by atoms with Gasteiger partial charge in [0.1, 0.15) is 5.82 Å². The van der Waals surface area contributed by atoms with Crippen LogP contribution in [0.25, 0.3) is 0 Å². The zero-order chi connectivity index (χ0) is 29.5. The van der Waals surface area contributed by atoms with Gasteiger partial charge in [-0.05, 0) is 44.5 Å². The average molecular weight is 574 g/mol. The van der Waals surface area contributed by atoms with E-state index in [4.69, 9.17) is 14.8 Å². The number of aliphatic hydroxyl groups excluding tert-OH is 1. The molecule has 1 aliphatic rings. The monoisotopic (exact) mass is 573 g/mol. The van der Waals surface area contributed by atoms with Gasteiger partial charge in [0, 0.05) is 30.3 Å². The summed E-state index contributed by atoms with van der Waals surface area (Å²) in [5, 5.41) is 17.0. The summed E-state index contributed by atoms with van der Waals surface area (Å²) in [5.41, 5.74) is 9.03. The van der Waals surface area contributed by atoms with Gasteiger partial charge >= 0.3 is 0 Å². The molecule has 1 aliphatic heterocycles.